The summed E-state index contributed by atoms with van der Waals surface area (Å²) in [6.07, 6.45) is 6.92. The van der Waals surface area contributed by atoms with Gasteiger partial charge < -0.3 is 11.1 Å². The lowest BCUT2D eigenvalue weighted by atomic mass is 9.96. The van der Waals surface area contributed by atoms with Gasteiger partial charge in [-0.15, -0.1) is 0 Å². The third kappa shape index (κ3) is 1.69. The number of carbonyl (C=O) groups is 1. The molecule has 3 unspecified atom stereocenters. The van der Waals surface area contributed by atoms with Crippen LogP contribution in [-0.4, -0.2) is 16.9 Å². The number of amides is 1. The smallest absolute Gasteiger partial charge is 0.260 e. The van der Waals surface area contributed by atoms with Crippen molar-refractivity contribution in [3.8, 4) is 0 Å². The Morgan fingerprint density at radius 1 is 1.50 bits per heavy atom. The number of aromatic nitrogens is 1. The van der Waals surface area contributed by atoms with Gasteiger partial charge in [-0.2, -0.15) is 0 Å². The number of thiazole rings is 1. The van der Waals surface area contributed by atoms with Gasteiger partial charge >= 0.3 is 0 Å². The van der Waals surface area contributed by atoms with E-state index in [0.29, 0.717) is 10.9 Å². The number of rotatable bonds is 3. The van der Waals surface area contributed by atoms with E-state index in [1.807, 2.05) is 0 Å². The van der Waals surface area contributed by atoms with Crippen LogP contribution < -0.4 is 11.1 Å². The lowest BCUT2D eigenvalue weighted by Gasteiger charge is -2.22. The zero-order valence-electron chi connectivity index (χ0n) is 8.98. The van der Waals surface area contributed by atoms with Crippen molar-refractivity contribution in [2.24, 2.45) is 17.6 Å². The second-order valence-corrected chi connectivity index (χ2v) is 5.85. The number of nitrogens with two attached hydrogens (primary N) is 1. The normalized spacial score (nSPS) is 31.9. The summed E-state index contributed by atoms with van der Waals surface area (Å²) in [5.74, 6) is 1.34. The van der Waals surface area contributed by atoms with Crippen LogP contribution >= 0.6 is 11.3 Å². The number of hydrogen-bond donors (Lipinski definition) is 2. The zero-order valence-corrected chi connectivity index (χ0v) is 9.80. The molecule has 1 aromatic heterocycles. The fraction of sp³-hybridized carbons (Fsp3) is 0.636. The van der Waals surface area contributed by atoms with Crippen LogP contribution in [0.5, 0.6) is 0 Å². The molecule has 16 heavy (non-hydrogen) atoms. The Balaban J connectivity index is 1.68. The van der Waals surface area contributed by atoms with E-state index >= 15 is 0 Å². The van der Waals surface area contributed by atoms with Gasteiger partial charge in [-0.25, -0.2) is 4.98 Å². The second kappa shape index (κ2) is 3.73. The molecular formula is C11H15N3OS. The van der Waals surface area contributed by atoms with Gasteiger partial charge in [-0.1, -0.05) is 17.8 Å². The fourth-order valence-corrected chi connectivity index (χ4v) is 3.76. The summed E-state index contributed by atoms with van der Waals surface area (Å²) in [5.41, 5.74) is 5.20. The SMILES string of the molecule is NC(=O)c1cnc(NC2CC3CCC2C3)s1. The fourth-order valence-electron chi connectivity index (χ4n) is 3.03. The molecule has 0 radical (unpaired) electrons. The topological polar surface area (TPSA) is 68.0 Å². The molecule has 1 aromatic rings. The largest absolute Gasteiger partial charge is 0.365 e. The molecule has 3 rings (SSSR count). The standard InChI is InChI=1S/C11H15N3OS/c12-10(15)9-5-13-11(16-9)14-8-4-6-1-2-7(8)3-6/h5-8H,1-4H2,(H2,12,15)(H,13,14). The Morgan fingerprint density at radius 3 is 2.94 bits per heavy atom. The Bertz CT molecular complexity index is 417. The van der Waals surface area contributed by atoms with Crippen LogP contribution in [0, 0.1) is 11.8 Å². The maximum absolute atomic E-state index is 10.9. The van der Waals surface area contributed by atoms with Crippen molar-refractivity contribution in [3.05, 3.63) is 11.1 Å². The number of fused-ring (bicyclic) bond motifs is 2. The van der Waals surface area contributed by atoms with E-state index < -0.39 is 5.91 Å². The number of primary amides is 1. The summed E-state index contributed by atoms with van der Waals surface area (Å²) in [7, 11) is 0. The minimum Gasteiger partial charge on any atom is -0.365 e. The van der Waals surface area contributed by atoms with Crippen LogP contribution in [0.2, 0.25) is 0 Å². The first kappa shape index (κ1) is 10.1. The highest BCUT2D eigenvalue weighted by molar-refractivity contribution is 7.17. The summed E-state index contributed by atoms with van der Waals surface area (Å²) >= 11 is 1.36. The van der Waals surface area contributed by atoms with E-state index in [0.717, 1.165) is 17.0 Å². The first-order valence-electron chi connectivity index (χ1n) is 5.74. The van der Waals surface area contributed by atoms with Crippen LogP contribution in [0.25, 0.3) is 0 Å². The molecule has 86 valence electrons. The highest BCUT2D eigenvalue weighted by Gasteiger charge is 2.39. The van der Waals surface area contributed by atoms with Crippen molar-refractivity contribution < 1.29 is 4.79 Å². The average molecular weight is 237 g/mol. The highest BCUT2D eigenvalue weighted by Crippen LogP contribution is 2.45. The molecule has 0 saturated heterocycles. The summed E-state index contributed by atoms with van der Waals surface area (Å²) in [6, 6.07) is 0.561. The molecule has 2 fully saturated rings. The molecule has 0 aliphatic heterocycles. The molecule has 0 spiro atoms. The quantitative estimate of drug-likeness (QED) is 0.843. The number of hydrogen-bond acceptors (Lipinski definition) is 4. The molecule has 5 heteroatoms. The van der Waals surface area contributed by atoms with Crippen molar-refractivity contribution in [2.45, 2.75) is 31.7 Å². The van der Waals surface area contributed by atoms with E-state index in [9.17, 15) is 4.79 Å². The minimum absolute atomic E-state index is 0.390. The first-order chi connectivity index (χ1) is 7.72. The van der Waals surface area contributed by atoms with Crippen molar-refractivity contribution in [1.82, 2.24) is 4.98 Å². The molecule has 3 atom stereocenters. The number of nitrogens with one attached hydrogen (secondary N) is 1. The Hall–Kier alpha value is -1.10. The van der Waals surface area contributed by atoms with Gasteiger partial charge in [0.1, 0.15) is 4.88 Å². The van der Waals surface area contributed by atoms with Gasteiger partial charge in [0.25, 0.3) is 5.91 Å². The molecule has 2 bridgehead atoms. The maximum atomic E-state index is 10.9. The van der Waals surface area contributed by atoms with Gasteiger partial charge in [0.05, 0.1) is 6.20 Å². The second-order valence-electron chi connectivity index (χ2n) is 4.82. The predicted molar refractivity (Wildman–Crippen MR) is 63.5 cm³/mol. The summed E-state index contributed by atoms with van der Waals surface area (Å²) < 4.78 is 0. The Kier molecular flexibility index (Phi) is 2.35. The van der Waals surface area contributed by atoms with Gasteiger partial charge in [0, 0.05) is 6.04 Å². The maximum Gasteiger partial charge on any atom is 0.260 e. The monoisotopic (exact) mass is 237 g/mol. The molecule has 4 nitrogen and oxygen atoms in total. The van der Waals surface area contributed by atoms with E-state index in [4.69, 9.17) is 5.73 Å². The zero-order chi connectivity index (χ0) is 11.1. The molecule has 2 aliphatic carbocycles. The number of nitrogens with zero attached hydrogens (tertiary/aromatic N) is 1. The van der Waals surface area contributed by atoms with Crippen molar-refractivity contribution in [3.63, 3.8) is 0 Å². The summed E-state index contributed by atoms with van der Waals surface area (Å²) in [5, 5.41) is 4.29. The van der Waals surface area contributed by atoms with Crippen LogP contribution in [0.1, 0.15) is 35.4 Å². The molecule has 1 amide bonds. The average Bonchev–Trinajstić information content (AvgIpc) is 2.91. The van der Waals surface area contributed by atoms with Crippen LogP contribution in [-0.2, 0) is 0 Å². The third-order valence-corrected chi connectivity index (χ3v) is 4.74. The first-order valence-corrected chi connectivity index (χ1v) is 6.56. The molecule has 2 saturated carbocycles. The summed E-state index contributed by atoms with van der Waals surface area (Å²) in [6.45, 7) is 0. The molecule has 2 aliphatic rings. The van der Waals surface area contributed by atoms with Crippen LogP contribution in [0.15, 0.2) is 6.20 Å². The van der Waals surface area contributed by atoms with Gasteiger partial charge in [-0.05, 0) is 31.1 Å². The van der Waals surface area contributed by atoms with Crippen molar-refractivity contribution in [2.75, 3.05) is 5.32 Å². The summed E-state index contributed by atoms with van der Waals surface area (Å²) in [4.78, 5) is 15.7. The number of anilines is 1. The lowest BCUT2D eigenvalue weighted by Crippen LogP contribution is -2.25. The van der Waals surface area contributed by atoms with E-state index in [-0.39, 0.29) is 0 Å². The number of carbonyl (C=O) groups excluding carboxylic acids is 1. The predicted octanol–water partition coefficient (Wildman–Crippen LogP) is 1.84. The Morgan fingerprint density at radius 2 is 2.38 bits per heavy atom. The minimum atomic E-state index is -0.390. The van der Waals surface area contributed by atoms with Gasteiger partial charge in [0.2, 0.25) is 0 Å². The lowest BCUT2D eigenvalue weighted by molar-refractivity contribution is 0.100. The van der Waals surface area contributed by atoms with Crippen LogP contribution in [0.3, 0.4) is 0 Å². The molecule has 0 aromatic carbocycles. The highest BCUT2D eigenvalue weighted by atomic mass is 32.1. The Labute approximate surface area is 98.3 Å². The third-order valence-electron chi connectivity index (χ3n) is 3.80. The van der Waals surface area contributed by atoms with E-state index in [1.54, 1.807) is 6.20 Å². The van der Waals surface area contributed by atoms with E-state index in [1.165, 1.54) is 37.0 Å². The van der Waals surface area contributed by atoms with Crippen molar-refractivity contribution >= 4 is 22.4 Å². The molecular weight excluding hydrogens is 222 g/mol. The van der Waals surface area contributed by atoms with Crippen molar-refractivity contribution in [1.29, 1.82) is 0 Å². The van der Waals surface area contributed by atoms with E-state index in [2.05, 4.69) is 10.3 Å². The molecule has 3 N–H and O–H groups in total. The molecule has 1 heterocycles. The van der Waals surface area contributed by atoms with Gasteiger partial charge in [0.15, 0.2) is 5.13 Å². The van der Waals surface area contributed by atoms with Gasteiger partial charge in [-0.3, -0.25) is 4.79 Å². The van der Waals surface area contributed by atoms with Crippen LogP contribution in [0.4, 0.5) is 5.13 Å².